The number of benzene rings is 1. The van der Waals surface area contributed by atoms with Crippen molar-refractivity contribution in [3.05, 3.63) is 24.3 Å². The Labute approximate surface area is 160 Å². The molecule has 1 aliphatic rings. The van der Waals surface area contributed by atoms with Crippen molar-refractivity contribution in [2.24, 2.45) is 5.92 Å². The molecule has 7 heteroatoms. The van der Waals surface area contributed by atoms with Crippen molar-refractivity contribution >= 4 is 22.9 Å². The molecule has 0 aliphatic carbocycles. The first-order valence-electron chi connectivity index (χ1n) is 9.26. The van der Waals surface area contributed by atoms with Crippen LogP contribution in [0.3, 0.4) is 0 Å². The molecule has 2 aromatic rings. The van der Waals surface area contributed by atoms with Gasteiger partial charge in [0.1, 0.15) is 5.60 Å². The van der Waals surface area contributed by atoms with E-state index in [1.165, 1.54) is 0 Å². The molecule has 0 N–H and O–H groups in total. The van der Waals surface area contributed by atoms with Gasteiger partial charge in [0.15, 0.2) is 5.82 Å². The van der Waals surface area contributed by atoms with E-state index in [4.69, 9.17) is 14.5 Å². The van der Waals surface area contributed by atoms with Crippen molar-refractivity contribution in [2.75, 3.05) is 38.7 Å². The minimum atomic E-state index is -0.472. The second-order valence-corrected chi connectivity index (χ2v) is 8.01. The summed E-state index contributed by atoms with van der Waals surface area (Å²) < 4.78 is 10.9. The number of ether oxygens (including phenoxy) is 2. The molecule has 1 fully saturated rings. The van der Waals surface area contributed by atoms with Gasteiger partial charge in [-0.15, -0.1) is 0 Å². The standard InChI is InChI=1S/C20H28N4O3/c1-20(2,3)27-19(25)24-11-10-14(13-24)12-23(4)17-18(26-5)22-16-9-7-6-8-15(16)21-17/h6-9,14H,10-13H2,1-5H3. The molecule has 1 unspecified atom stereocenters. The quantitative estimate of drug-likeness (QED) is 0.820. The number of aromatic nitrogens is 2. The van der Waals surface area contributed by atoms with Crippen molar-refractivity contribution in [1.29, 1.82) is 0 Å². The van der Waals surface area contributed by atoms with Crippen LogP contribution in [-0.2, 0) is 4.74 Å². The molecule has 1 aromatic carbocycles. The van der Waals surface area contributed by atoms with Gasteiger partial charge in [-0.05, 0) is 45.2 Å². The third kappa shape index (κ3) is 4.59. The van der Waals surface area contributed by atoms with Gasteiger partial charge in [-0.1, -0.05) is 12.1 Å². The molecule has 1 aromatic heterocycles. The fourth-order valence-corrected chi connectivity index (χ4v) is 3.31. The van der Waals surface area contributed by atoms with Gasteiger partial charge in [0.05, 0.1) is 18.1 Å². The Morgan fingerprint density at radius 1 is 1.26 bits per heavy atom. The van der Waals surface area contributed by atoms with Crippen LogP contribution in [0.1, 0.15) is 27.2 Å². The average Bonchev–Trinajstić information content (AvgIpc) is 3.07. The number of hydrogen-bond donors (Lipinski definition) is 0. The Bertz CT molecular complexity index is 818. The van der Waals surface area contributed by atoms with E-state index in [9.17, 15) is 4.79 Å². The van der Waals surface area contributed by atoms with E-state index in [1.807, 2.05) is 52.1 Å². The minimum Gasteiger partial charge on any atom is -0.478 e. The van der Waals surface area contributed by atoms with Gasteiger partial charge in [0.2, 0.25) is 0 Å². The van der Waals surface area contributed by atoms with E-state index in [-0.39, 0.29) is 6.09 Å². The van der Waals surface area contributed by atoms with Crippen LogP contribution in [0, 0.1) is 5.92 Å². The number of carbonyl (C=O) groups excluding carboxylic acids is 1. The number of anilines is 1. The molecule has 0 radical (unpaired) electrons. The molecular formula is C20H28N4O3. The molecule has 1 atom stereocenters. The molecule has 1 amide bonds. The summed E-state index contributed by atoms with van der Waals surface area (Å²) in [5.74, 6) is 1.57. The molecule has 146 valence electrons. The third-order valence-corrected chi connectivity index (χ3v) is 4.55. The number of likely N-dealkylation sites (tertiary alicyclic amines) is 1. The number of nitrogens with zero attached hydrogens (tertiary/aromatic N) is 4. The fraction of sp³-hybridized carbons (Fsp3) is 0.550. The highest BCUT2D eigenvalue weighted by Crippen LogP contribution is 2.28. The topological polar surface area (TPSA) is 67.8 Å². The summed E-state index contributed by atoms with van der Waals surface area (Å²) in [4.78, 5) is 25.4. The minimum absolute atomic E-state index is 0.240. The summed E-state index contributed by atoms with van der Waals surface area (Å²) in [6.07, 6.45) is 0.697. The van der Waals surface area contributed by atoms with Crippen LogP contribution in [0.25, 0.3) is 11.0 Å². The predicted molar refractivity (Wildman–Crippen MR) is 105 cm³/mol. The zero-order valence-corrected chi connectivity index (χ0v) is 16.7. The van der Waals surface area contributed by atoms with Crippen molar-refractivity contribution < 1.29 is 14.3 Å². The van der Waals surface area contributed by atoms with E-state index >= 15 is 0 Å². The number of rotatable bonds is 4. The molecule has 0 spiro atoms. The molecule has 3 rings (SSSR count). The molecular weight excluding hydrogens is 344 g/mol. The molecule has 1 saturated heterocycles. The van der Waals surface area contributed by atoms with E-state index < -0.39 is 5.60 Å². The van der Waals surface area contributed by atoms with Crippen molar-refractivity contribution in [3.63, 3.8) is 0 Å². The Balaban J connectivity index is 1.68. The van der Waals surface area contributed by atoms with Crippen LogP contribution in [0.5, 0.6) is 5.88 Å². The lowest BCUT2D eigenvalue weighted by atomic mass is 10.1. The first-order valence-corrected chi connectivity index (χ1v) is 9.26. The van der Waals surface area contributed by atoms with Gasteiger partial charge in [0.25, 0.3) is 5.88 Å². The summed E-state index contributed by atoms with van der Waals surface area (Å²) in [6, 6.07) is 7.75. The van der Waals surface area contributed by atoms with Crippen LogP contribution in [0.2, 0.25) is 0 Å². The Morgan fingerprint density at radius 3 is 2.56 bits per heavy atom. The maximum Gasteiger partial charge on any atom is 0.410 e. The second kappa shape index (κ2) is 7.58. The van der Waals surface area contributed by atoms with Gasteiger partial charge in [-0.3, -0.25) is 0 Å². The largest absolute Gasteiger partial charge is 0.478 e. The monoisotopic (exact) mass is 372 g/mol. The number of fused-ring (bicyclic) bond motifs is 1. The van der Waals surface area contributed by atoms with E-state index in [0.29, 0.717) is 30.7 Å². The normalized spacial score (nSPS) is 17.2. The molecule has 0 bridgehead atoms. The fourth-order valence-electron chi connectivity index (χ4n) is 3.31. The van der Waals surface area contributed by atoms with Gasteiger partial charge in [0, 0.05) is 26.7 Å². The first kappa shape index (κ1) is 19.2. The zero-order chi connectivity index (χ0) is 19.6. The highest BCUT2D eigenvalue weighted by Gasteiger charge is 2.31. The third-order valence-electron chi connectivity index (χ3n) is 4.55. The summed E-state index contributed by atoms with van der Waals surface area (Å²) in [5, 5.41) is 0. The van der Waals surface area contributed by atoms with E-state index in [0.717, 1.165) is 24.0 Å². The maximum atomic E-state index is 12.3. The van der Waals surface area contributed by atoms with Crippen molar-refractivity contribution in [1.82, 2.24) is 14.9 Å². The predicted octanol–water partition coefficient (Wildman–Crippen LogP) is 3.33. The SMILES string of the molecule is COc1nc2ccccc2nc1N(C)CC1CCN(C(=O)OC(C)(C)C)C1. The van der Waals surface area contributed by atoms with Crippen molar-refractivity contribution in [2.45, 2.75) is 32.8 Å². The lowest BCUT2D eigenvalue weighted by Crippen LogP contribution is -2.36. The number of amides is 1. The van der Waals surface area contributed by atoms with Gasteiger partial charge >= 0.3 is 6.09 Å². The van der Waals surface area contributed by atoms with Gasteiger partial charge in [-0.25, -0.2) is 14.8 Å². The Morgan fingerprint density at radius 2 is 1.93 bits per heavy atom. The van der Waals surface area contributed by atoms with Gasteiger partial charge < -0.3 is 19.3 Å². The Hall–Kier alpha value is -2.57. The van der Waals surface area contributed by atoms with Crippen molar-refractivity contribution in [3.8, 4) is 5.88 Å². The highest BCUT2D eigenvalue weighted by molar-refractivity contribution is 5.77. The van der Waals surface area contributed by atoms with Crippen LogP contribution >= 0.6 is 0 Å². The average molecular weight is 372 g/mol. The molecule has 1 aliphatic heterocycles. The van der Waals surface area contributed by atoms with Crippen LogP contribution in [0.4, 0.5) is 10.6 Å². The molecule has 27 heavy (non-hydrogen) atoms. The van der Waals surface area contributed by atoms with E-state index in [1.54, 1.807) is 12.0 Å². The van der Waals surface area contributed by atoms with E-state index in [2.05, 4.69) is 9.88 Å². The van der Waals surface area contributed by atoms with Crippen LogP contribution < -0.4 is 9.64 Å². The second-order valence-electron chi connectivity index (χ2n) is 8.01. The number of methoxy groups -OCH3 is 1. The van der Waals surface area contributed by atoms with Crippen LogP contribution in [-0.4, -0.2) is 60.4 Å². The molecule has 2 heterocycles. The summed E-state index contributed by atoms with van der Waals surface area (Å²) in [6.45, 7) is 7.82. The number of para-hydroxylation sites is 2. The molecule has 0 saturated carbocycles. The van der Waals surface area contributed by atoms with Crippen LogP contribution in [0.15, 0.2) is 24.3 Å². The number of hydrogen-bond acceptors (Lipinski definition) is 6. The number of carbonyl (C=O) groups is 1. The molecule has 7 nitrogen and oxygen atoms in total. The Kier molecular flexibility index (Phi) is 5.39. The smallest absolute Gasteiger partial charge is 0.410 e. The summed E-state index contributed by atoms with van der Waals surface area (Å²) in [5.41, 5.74) is 1.17. The lowest BCUT2D eigenvalue weighted by Gasteiger charge is -2.25. The zero-order valence-electron chi connectivity index (χ0n) is 16.7. The van der Waals surface area contributed by atoms with Gasteiger partial charge in [-0.2, -0.15) is 0 Å². The maximum absolute atomic E-state index is 12.3. The highest BCUT2D eigenvalue weighted by atomic mass is 16.6. The first-order chi connectivity index (χ1) is 12.8. The lowest BCUT2D eigenvalue weighted by molar-refractivity contribution is 0.0288. The summed E-state index contributed by atoms with van der Waals surface area (Å²) in [7, 11) is 3.59. The summed E-state index contributed by atoms with van der Waals surface area (Å²) >= 11 is 0.